The van der Waals surface area contributed by atoms with Crippen LogP contribution in [-0.2, 0) is 0 Å². The van der Waals surface area contributed by atoms with Gasteiger partial charge in [0, 0.05) is 75.0 Å². The van der Waals surface area contributed by atoms with Crippen LogP contribution in [0.1, 0.15) is 11.1 Å². The maximum absolute atomic E-state index is 10.3. The molecular formula is C62H35N5S. The Labute approximate surface area is 394 Å². The monoisotopic (exact) mass is 881 g/mol. The van der Waals surface area contributed by atoms with Gasteiger partial charge in [-0.2, -0.15) is 10.5 Å². The molecule has 0 N–H and O–H groups in total. The number of nitriles is 2. The quantitative estimate of drug-likeness (QED) is 0.173. The first kappa shape index (κ1) is 38.1. The standard InChI is InChI=1S/C62H35N5S/c63-36-40-16-13-17-41(37-64)60(40)39-15-12-14-38(32-39)44-29-28-43(33-56(44)67-53-25-9-5-21-46(53)50-34-51-47-22-7-11-27-58(47)68-59(51)35-57(50)67)65-54-26-10-6-23-49(54)61-55(65)31-30-48-45-20-4-8-24-52(45)66(62(48)61)42-18-2-1-3-19-42/h1-35H. The lowest BCUT2D eigenvalue weighted by Gasteiger charge is -2.18. The molecule has 314 valence electrons. The van der Waals surface area contributed by atoms with Gasteiger partial charge in [-0.05, 0) is 96.1 Å². The topological polar surface area (TPSA) is 62.4 Å². The van der Waals surface area contributed by atoms with Crippen molar-refractivity contribution in [2.45, 2.75) is 0 Å². The minimum Gasteiger partial charge on any atom is -0.309 e. The third-order valence-electron chi connectivity index (χ3n) is 13.9. The first-order valence-corrected chi connectivity index (χ1v) is 23.5. The van der Waals surface area contributed by atoms with Gasteiger partial charge in [0.2, 0.25) is 0 Å². The summed E-state index contributed by atoms with van der Waals surface area (Å²) >= 11 is 1.83. The Morgan fingerprint density at radius 3 is 1.75 bits per heavy atom. The number of para-hydroxylation sites is 4. The Morgan fingerprint density at radius 2 is 0.985 bits per heavy atom. The summed E-state index contributed by atoms with van der Waals surface area (Å²) in [7, 11) is 0. The van der Waals surface area contributed by atoms with E-state index < -0.39 is 0 Å². The van der Waals surface area contributed by atoms with E-state index in [0.29, 0.717) is 16.7 Å². The zero-order chi connectivity index (χ0) is 45.0. The first-order chi connectivity index (χ1) is 33.7. The molecule has 14 aromatic rings. The zero-order valence-electron chi connectivity index (χ0n) is 36.4. The van der Waals surface area contributed by atoms with Gasteiger partial charge in [-0.3, -0.25) is 0 Å². The Kier molecular flexibility index (Phi) is 8.21. The van der Waals surface area contributed by atoms with Crippen molar-refractivity contribution in [1.82, 2.24) is 13.7 Å². The van der Waals surface area contributed by atoms with Crippen molar-refractivity contribution in [2.24, 2.45) is 0 Å². The molecule has 6 heteroatoms. The van der Waals surface area contributed by atoms with Crippen LogP contribution in [0, 0.1) is 22.7 Å². The Hall–Kier alpha value is -9.20. The number of hydrogen-bond acceptors (Lipinski definition) is 3. The van der Waals surface area contributed by atoms with Gasteiger partial charge in [0.15, 0.2) is 0 Å². The molecule has 0 atom stereocenters. The van der Waals surface area contributed by atoms with Crippen molar-refractivity contribution in [3.63, 3.8) is 0 Å². The van der Waals surface area contributed by atoms with Crippen molar-refractivity contribution in [1.29, 1.82) is 10.5 Å². The normalized spacial score (nSPS) is 11.8. The highest BCUT2D eigenvalue weighted by Crippen LogP contribution is 2.46. The highest BCUT2D eigenvalue weighted by Gasteiger charge is 2.24. The summed E-state index contributed by atoms with van der Waals surface area (Å²) in [6, 6.07) is 80.2. The Balaban J connectivity index is 1.10. The van der Waals surface area contributed by atoms with E-state index in [-0.39, 0.29) is 0 Å². The van der Waals surface area contributed by atoms with E-state index in [1.54, 1.807) is 18.2 Å². The predicted octanol–water partition coefficient (Wildman–Crippen LogP) is 16.4. The minimum atomic E-state index is 0.471. The van der Waals surface area contributed by atoms with Crippen LogP contribution >= 0.6 is 11.3 Å². The molecule has 0 aliphatic rings. The number of aromatic nitrogens is 3. The molecular weight excluding hydrogens is 847 g/mol. The highest BCUT2D eigenvalue weighted by molar-refractivity contribution is 7.25. The first-order valence-electron chi connectivity index (χ1n) is 22.7. The summed E-state index contributed by atoms with van der Waals surface area (Å²) in [5, 5.41) is 30.2. The molecule has 0 saturated heterocycles. The van der Waals surface area contributed by atoms with Gasteiger partial charge in [0.25, 0.3) is 0 Å². The van der Waals surface area contributed by atoms with Gasteiger partial charge in [-0.25, -0.2) is 0 Å². The fourth-order valence-electron chi connectivity index (χ4n) is 11.1. The summed E-state index contributed by atoms with van der Waals surface area (Å²) in [6.07, 6.45) is 0. The highest BCUT2D eigenvalue weighted by atomic mass is 32.1. The molecule has 0 fully saturated rings. The smallest absolute Gasteiger partial charge is 0.0998 e. The second-order valence-corrected chi connectivity index (χ2v) is 18.5. The lowest BCUT2D eigenvalue weighted by atomic mass is 9.92. The number of rotatable bonds is 5. The summed E-state index contributed by atoms with van der Waals surface area (Å²) in [4.78, 5) is 0. The molecule has 0 radical (unpaired) electrons. The number of benzene rings is 10. The van der Waals surface area contributed by atoms with Crippen LogP contribution in [0.25, 0.3) is 125 Å². The number of thiophene rings is 1. The van der Waals surface area contributed by atoms with Crippen molar-refractivity contribution in [3.8, 4) is 51.5 Å². The van der Waals surface area contributed by atoms with Crippen molar-refractivity contribution >= 4 is 96.9 Å². The van der Waals surface area contributed by atoms with E-state index in [1.165, 1.54) is 63.5 Å². The van der Waals surface area contributed by atoms with Crippen LogP contribution in [0.4, 0.5) is 0 Å². The molecule has 0 spiro atoms. The SMILES string of the molecule is N#Cc1cccc(C#N)c1-c1cccc(-c2ccc(-n3c4ccccc4c4c3ccc3c5ccccc5n(-c5ccccc5)c34)cc2-n2c3ccccc3c3cc4c(cc32)sc2ccccc24)c1. The summed E-state index contributed by atoms with van der Waals surface area (Å²) in [6.45, 7) is 0. The minimum absolute atomic E-state index is 0.471. The molecule has 0 amide bonds. The molecule has 4 aromatic heterocycles. The summed E-state index contributed by atoms with van der Waals surface area (Å²) < 4.78 is 9.82. The lowest BCUT2D eigenvalue weighted by molar-refractivity contribution is 1.14. The molecule has 5 nitrogen and oxygen atoms in total. The second-order valence-electron chi connectivity index (χ2n) is 17.4. The maximum Gasteiger partial charge on any atom is 0.0998 e. The van der Waals surface area contributed by atoms with E-state index in [4.69, 9.17) is 0 Å². The van der Waals surface area contributed by atoms with Crippen molar-refractivity contribution in [3.05, 3.63) is 223 Å². The largest absolute Gasteiger partial charge is 0.309 e. The molecule has 14 rings (SSSR count). The Morgan fingerprint density at radius 1 is 0.353 bits per heavy atom. The molecule has 0 bridgehead atoms. The van der Waals surface area contributed by atoms with Crippen molar-refractivity contribution in [2.75, 3.05) is 0 Å². The molecule has 0 aliphatic heterocycles. The summed E-state index contributed by atoms with van der Waals surface area (Å²) in [5.74, 6) is 0. The molecule has 4 heterocycles. The van der Waals surface area contributed by atoms with E-state index >= 15 is 0 Å². The molecule has 10 aromatic carbocycles. The van der Waals surface area contributed by atoms with Gasteiger partial charge in [0.1, 0.15) is 0 Å². The van der Waals surface area contributed by atoms with Crippen LogP contribution in [0.15, 0.2) is 212 Å². The lowest BCUT2D eigenvalue weighted by Crippen LogP contribution is -2.01. The fraction of sp³-hybridized carbons (Fsp3) is 0. The predicted molar refractivity (Wildman–Crippen MR) is 283 cm³/mol. The van der Waals surface area contributed by atoms with Gasteiger partial charge < -0.3 is 13.7 Å². The van der Waals surface area contributed by atoms with E-state index in [2.05, 4.69) is 208 Å². The average molecular weight is 882 g/mol. The zero-order valence-corrected chi connectivity index (χ0v) is 37.2. The van der Waals surface area contributed by atoms with Crippen LogP contribution in [0.5, 0.6) is 0 Å². The third kappa shape index (κ3) is 5.41. The molecule has 0 aliphatic carbocycles. The van der Waals surface area contributed by atoms with Crippen molar-refractivity contribution < 1.29 is 0 Å². The average Bonchev–Trinajstić information content (AvgIpc) is 4.14. The maximum atomic E-state index is 10.3. The van der Waals surface area contributed by atoms with Crippen LogP contribution in [-0.4, -0.2) is 13.7 Å². The summed E-state index contributed by atoms with van der Waals surface area (Å²) in [5.41, 5.74) is 14.4. The van der Waals surface area contributed by atoms with E-state index in [1.807, 2.05) is 23.5 Å². The molecule has 0 unspecified atom stereocenters. The molecule has 0 saturated carbocycles. The van der Waals surface area contributed by atoms with E-state index in [0.717, 1.165) is 55.8 Å². The number of fused-ring (bicyclic) bond motifs is 13. The van der Waals surface area contributed by atoms with Gasteiger partial charge in [-0.1, -0.05) is 127 Å². The van der Waals surface area contributed by atoms with Crippen LogP contribution in [0.3, 0.4) is 0 Å². The van der Waals surface area contributed by atoms with Crippen LogP contribution < -0.4 is 0 Å². The fourth-order valence-corrected chi connectivity index (χ4v) is 12.2. The Bertz CT molecular complexity index is 4500. The van der Waals surface area contributed by atoms with Crippen LogP contribution in [0.2, 0.25) is 0 Å². The third-order valence-corrected chi connectivity index (χ3v) is 15.0. The second kappa shape index (κ2) is 14.7. The van der Waals surface area contributed by atoms with Gasteiger partial charge in [0.05, 0.1) is 62.1 Å². The number of hydrogen-bond donors (Lipinski definition) is 0. The van der Waals surface area contributed by atoms with E-state index in [9.17, 15) is 10.5 Å². The van der Waals surface area contributed by atoms with Gasteiger partial charge in [-0.15, -0.1) is 11.3 Å². The number of nitrogens with zero attached hydrogens (tertiary/aromatic N) is 5. The molecule has 68 heavy (non-hydrogen) atoms. The van der Waals surface area contributed by atoms with Gasteiger partial charge >= 0.3 is 0 Å².